The summed E-state index contributed by atoms with van der Waals surface area (Å²) in [6, 6.07) is 7.55. The Morgan fingerprint density at radius 1 is 1.29 bits per heavy atom. The van der Waals surface area contributed by atoms with Crippen LogP contribution < -0.4 is 0 Å². The van der Waals surface area contributed by atoms with Crippen LogP contribution in [0.25, 0.3) is 0 Å². The van der Waals surface area contributed by atoms with Crippen LogP contribution >= 0.6 is 0 Å². The van der Waals surface area contributed by atoms with Crippen LogP contribution in [0.5, 0.6) is 0 Å². The van der Waals surface area contributed by atoms with Gasteiger partial charge in [0.25, 0.3) is 0 Å². The van der Waals surface area contributed by atoms with Gasteiger partial charge in [0.2, 0.25) is 0 Å². The molecule has 0 heterocycles. The minimum absolute atomic E-state index is 0.0369. The molecule has 1 N–H and O–H groups in total. The predicted molar refractivity (Wildman–Crippen MR) is 50.7 cm³/mol. The molecule has 0 amide bonds. The van der Waals surface area contributed by atoms with Gasteiger partial charge in [-0.05, 0) is 19.1 Å². The van der Waals surface area contributed by atoms with Crippen LogP contribution in [-0.4, -0.2) is 24.7 Å². The molecule has 1 aromatic carbocycles. The van der Waals surface area contributed by atoms with Crippen LogP contribution in [0, 0.1) is 0 Å². The van der Waals surface area contributed by atoms with Crippen LogP contribution in [0.1, 0.15) is 6.92 Å². The molecule has 0 spiro atoms. The maximum Gasteiger partial charge on any atom is 0.321 e. The minimum Gasteiger partial charge on any atom is -0.480 e. The van der Waals surface area contributed by atoms with Gasteiger partial charge in [-0.15, -0.1) is 0 Å². The van der Waals surface area contributed by atoms with Gasteiger partial charge in [0.05, 0.1) is 4.90 Å². The fourth-order valence-electron chi connectivity index (χ4n) is 0.947. The highest BCUT2D eigenvalue weighted by atomic mass is 32.2. The van der Waals surface area contributed by atoms with Gasteiger partial charge in [-0.2, -0.15) is 0 Å². The van der Waals surface area contributed by atoms with E-state index in [1.807, 2.05) is 0 Å². The molecule has 0 saturated heterocycles. The van der Waals surface area contributed by atoms with Crippen molar-refractivity contribution >= 4 is 15.8 Å². The van der Waals surface area contributed by atoms with Crippen molar-refractivity contribution in [3.05, 3.63) is 30.3 Å². The molecule has 0 aliphatic carbocycles. The second-order valence-corrected chi connectivity index (χ2v) is 5.11. The van der Waals surface area contributed by atoms with Gasteiger partial charge in [-0.3, -0.25) is 4.79 Å². The Labute approximate surface area is 82.1 Å². The van der Waals surface area contributed by atoms with E-state index in [-0.39, 0.29) is 4.90 Å². The summed E-state index contributed by atoms with van der Waals surface area (Å²) in [4.78, 5) is 10.6. The Morgan fingerprint density at radius 2 is 1.79 bits per heavy atom. The number of carboxylic acids is 1. The Hall–Kier alpha value is -1.36. The summed E-state index contributed by atoms with van der Waals surface area (Å²) in [5.74, 6) is -1.34. The van der Waals surface area contributed by atoms with Gasteiger partial charge in [0.1, 0.15) is 0 Å². The molecule has 4 nitrogen and oxygen atoms in total. The standard InChI is InChI=1S/C9H10O4S/c1-7(9(10)11)14(12,13)8-5-3-2-4-6-8/h2-7H,1H3,(H,10,11)/t7-/m1/s1. The number of rotatable bonds is 3. The summed E-state index contributed by atoms with van der Waals surface area (Å²) in [6.07, 6.45) is 0. The number of carbonyl (C=O) groups is 1. The molecule has 0 unspecified atom stereocenters. The smallest absolute Gasteiger partial charge is 0.321 e. The molecule has 0 radical (unpaired) electrons. The lowest BCUT2D eigenvalue weighted by Crippen LogP contribution is -2.26. The number of hydrogen-bond acceptors (Lipinski definition) is 3. The fraction of sp³-hybridized carbons (Fsp3) is 0.222. The summed E-state index contributed by atoms with van der Waals surface area (Å²) in [5.41, 5.74) is 0. The molecule has 1 rings (SSSR count). The van der Waals surface area contributed by atoms with Crippen molar-refractivity contribution in [3.8, 4) is 0 Å². The first-order chi connectivity index (χ1) is 6.46. The summed E-state index contributed by atoms with van der Waals surface area (Å²) in [7, 11) is -3.74. The molecule has 0 saturated carbocycles. The lowest BCUT2D eigenvalue weighted by Gasteiger charge is -2.07. The van der Waals surface area contributed by atoms with E-state index in [1.165, 1.54) is 12.1 Å². The van der Waals surface area contributed by atoms with Crippen molar-refractivity contribution in [3.63, 3.8) is 0 Å². The largest absolute Gasteiger partial charge is 0.480 e. The summed E-state index contributed by atoms with van der Waals surface area (Å²) < 4.78 is 23.2. The first-order valence-corrected chi connectivity index (χ1v) is 5.52. The number of hydrogen-bond donors (Lipinski definition) is 1. The summed E-state index contributed by atoms with van der Waals surface area (Å²) in [6.45, 7) is 1.16. The SMILES string of the molecule is C[C@H](C(=O)O)S(=O)(=O)c1ccccc1. The molecular formula is C9H10O4S. The average molecular weight is 214 g/mol. The second kappa shape index (κ2) is 3.79. The van der Waals surface area contributed by atoms with Crippen LogP contribution in [0.2, 0.25) is 0 Å². The van der Waals surface area contributed by atoms with E-state index in [4.69, 9.17) is 5.11 Å². The van der Waals surface area contributed by atoms with Crippen LogP contribution in [-0.2, 0) is 14.6 Å². The quantitative estimate of drug-likeness (QED) is 0.812. The van der Waals surface area contributed by atoms with Crippen molar-refractivity contribution in [1.82, 2.24) is 0 Å². The van der Waals surface area contributed by atoms with Crippen molar-refractivity contribution in [2.45, 2.75) is 17.1 Å². The Morgan fingerprint density at radius 3 is 2.21 bits per heavy atom. The fourth-order valence-corrected chi connectivity index (χ4v) is 2.16. The molecular weight excluding hydrogens is 204 g/mol. The lowest BCUT2D eigenvalue weighted by atomic mass is 10.4. The third-order valence-electron chi connectivity index (χ3n) is 1.88. The zero-order valence-corrected chi connectivity index (χ0v) is 8.36. The molecule has 1 aromatic rings. The monoisotopic (exact) mass is 214 g/mol. The summed E-state index contributed by atoms with van der Waals surface area (Å²) in [5, 5.41) is 7.19. The van der Waals surface area contributed by atoms with Crippen LogP contribution in [0.3, 0.4) is 0 Å². The first-order valence-electron chi connectivity index (χ1n) is 3.98. The van der Waals surface area contributed by atoms with Crippen LogP contribution in [0.15, 0.2) is 35.2 Å². The molecule has 14 heavy (non-hydrogen) atoms. The van der Waals surface area contributed by atoms with E-state index in [0.717, 1.165) is 6.92 Å². The lowest BCUT2D eigenvalue weighted by molar-refractivity contribution is -0.136. The molecule has 0 aliphatic rings. The number of carboxylic acid groups (broad SMARTS) is 1. The number of benzene rings is 1. The highest BCUT2D eigenvalue weighted by Crippen LogP contribution is 2.15. The maximum absolute atomic E-state index is 11.6. The van der Waals surface area contributed by atoms with E-state index in [1.54, 1.807) is 18.2 Å². The van der Waals surface area contributed by atoms with Crippen molar-refractivity contribution < 1.29 is 18.3 Å². The highest BCUT2D eigenvalue weighted by Gasteiger charge is 2.28. The zero-order chi connectivity index (χ0) is 10.8. The van der Waals surface area contributed by atoms with Gasteiger partial charge >= 0.3 is 5.97 Å². The third-order valence-corrected chi connectivity index (χ3v) is 3.95. The second-order valence-electron chi connectivity index (χ2n) is 2.84. The van der Waals surface area contributed by atoms with Gasteiger partial charge in [-0.25, -0.2) is 8.42 Å². The molecule has 0 aliphatic heterocycles. The van der Waals surface area contributed by atoms with Gasteiger partial charge in [0, 0.05) is 0 Å². The maximum atomic E-state index is 11.6. The van der Waals surface area contributed by atoms with Crippen LogP contribution in [0.4, 0.5) is 0 Å². The van der Waals surface area contributed by atoms with E-state index in [2.05, 4.69) is 0 Å². The Bertz CT molecular complexity index is 421. The summed E-state index contributed by atoms with van der Waals surface area (Å²) >= 11 is 0. The normalized spacial score (nSPS) is 13.5. The molecule has 0 bridgehead atoms. The van der Waals surface area contributed by atoms with Gasteiger partial charge in [-0.1, -0.05) is 18.2 Å². The highest BCUT2D eigenvalue weighted by molar-refractivity contribution is 7.92. The molecule has 76 valence electrons. The van der Waals surface area contributed by atoms with E-state index in [9.17, 15) is 13.2 Å². The number of sulfone groups is 1. The Kier molecular flexibility index (Phi) is 2.90. The van der Waals surface area contributed by atoms with Gasteiger partial charge < -0.3 is 5.11 Å². The topological polar surface area (TPSA) is 71.4 Å². The first kappa shape index (κ1) is 10.7. The molecule has 5 heteroatoms. The number of aliphatic carboxylic acids is 1. The minimum atomic E-state index is -3.74. The molecule has 0 fully saturated rings. The van der Waals surface area contributed by atoms with E-state index in [0.29, 0.717) is 0 Å². The predicted octanol–water partition coefficient (Wildman–Crippen LogP) is 0.933. The van der Waals surface area contributed by atoms with E-state index < -0.39 is 21.1 Å². The van der Waals surface area contributed by atoms with Crippen molar-refractivity contribution in [1.29, 1.82) is 0 Å². The van der Waals surface area contributed by atoms with Gasteiger partial charge in [0.15, 0.2) is 15.1 Å². The molecule has 0 aromatic heterocycles. The van der Waals surface area contributed by atoms with E-state index >= 15 is 0 Å². The molecule has 1 atom stereocenters. The zero-order valence-electron chi connectivity index (χ0n) is 7.54. The Balaban J connectivity index is 3.16. The van der Waals surface area contributed by atoms with Crippen molar-refractivity contribution in [2.24, 2.45) is 0 Å². The average Bonchev–Trinajstić information content (AvgIpc) is 2.18. The third kappa shape index (κ3) is 1.93. The van der Waals surface area contributed by atoms with Crippen molar-refractivity contribution in [2.75, 3.05) is 0 Å².